The summed E-state index contributed by atoms with van der Waals surface area (Å²) in [5, 5.41) is 15.3. The van der Waals surface area contributed by atoms with Crippen LogP contribution in [-0.2, 0) is 14.3 Å². The van der Waals surface area contributed by atoms with E-state index in [-0.39, 0.29) is 17.9 Å². The number of aliphatic carboxylic acids is 1. The molecular formula is C27H28N2O5. The van der Waals surface area contributed by atoms with E-state index in [4.69, 9.17) is 4.74 Å². The zero-order valence-corrected chi connectivity index (χ0v) is 18.9. The van der Waals surface area contributed by atoms with Gasteiger partial charge in [-0.2, -0.15) is 0 Å². The number of ether oxygens (including phenoxy) is 1. The van der Waals surface area contributed by atoms with Gasteiger partial charge in [0, 0.05) is 5.92 Å². The summed E-state index contributed by atoms with van der Waals surface area (Å²) in [7, 11) is 0. The third-order valence-corrected chi connectivity index (χ3v) is 8.40. The maximum atomic E-state index is 13.0. The minimum absolute atomic E-state index is 0.0638. The molecule has 3 fully saturated rings. The number of nitrogens with one attached hydrogen (secondary N) is 2. The predicted molar refractivity (Wildman–Crippen MR) is 124 cm³/mol. The third-order valence-electron chi connectivity index (χ3n) is 8.40. The summed E-state index contributed by atoms with van der Waals surface area (Å²) < 4.78 is 5.60. The Balaban J connectivity index is 1.10. The molecule has 0 heterocycles. The monoisotopic (exact) mass is 460 g/mol. The molecule has 2 aromatic carbocycles. The smallest absolute Gasteiger partial charge is 0.408 e. The topological polar surface area (TPSA) is 105 Å². The number of hydrogen-bond donors (Lipinski definition) is 3. The van der Waals surface area contributed by atoms with Crippen molar-refractivity contribution in [3.8, 4) is 11.1 Å². The maximum Gasteiger partial charge on any atom is 0.408 e. The van der Waals surface area contributed by atoms with Crippen molar-refractivity contribution in [3.63, 3.8) is 0 Å². The summed E-state index contributed by atoms with van der Waals surface area (Å²) in [6.45, 7) is 0.166. The molecule has 0 radical (unpaired) electrons. The van der Waals surface area contributed by atoms with Crippen LogP contribution in [0.1, 0.15) is 62.0 Å². The molecule has 3 N–H and O–H groups in total. The Hall–Kier alpha value is -3.35. The van der Waals surface area contributed by atoms with Crippen LogP contribution in [0.15, 0.2) is 48.5 Å². The van der Waals surface area contributed by atoms with Crippen LogP contribution in [0.2, 0.25) is 0 Å². The second-order valence-corrected chi connectivity index (χ2v) is 10.6. The third kappa shape index (κ3) is 3.21. The molecule has 4 aliphatic rings. The number of benzene rings is 2. The van der Waals surface area contributed by atoms with Gasteiger partial charge in [-0.3, -0.25) is 4.79 Å². The molecule has 1 spiro atoms. The number of alkyl carbamates (subject to hydrolysis) is 1. The Morgan fingerprint density at radius 3 is 1.94 bits per heavy atom. The van der Waals surface area contributed by atoms with Crippen molar-refractivity contribution >= 4 is 18.0 Å². The van der Waals surface area contributed by atoms with Crippen molar-refractivity contribution in [1.82, 2.24) is 10.6 Å². The molecule has 0 atom stereocenters. The largest absolute Gasteiger partial charge is 0.480 e. The average Bonchev–Trinajstić information content (AvgIpc) is 3.48. The van der Waals surface area contributed by atoms with Gasteiger partial charge in [0.05, 0.1) is 0 Å². The number of carbonyl (C=O) groups excluding carboxylic acids is 2. The number of carboxylic acids is 1. The summed E-state index contributed by atoms with van der Waals surface area (Å²) in [6, 6.07) is 16.2. The van der Waals surface area contributed by atoms with Crippen molar-refractivity contribution in [2.24, 2.45) is 5.41 Å². The van der Waals surface area contributed by atoms with Crippen LogP contribution in [0.5, 0.6) is 0 Å². The lowest BCUT2D eigenvalue weighted by atomic mass is 9.48. The maximum absolute atomic E-state index is 13.0. The van der Waals surface area contributed by atoms with Gasteiger partial charge in [0.15, 0.2) is 0 Å². The van der Waals surface area contributed by atoms with Gasteiger partial charge in [-0.15, -0.1) is 0 Å². The summed E-state index contributed by atoms with van der Waals surface area (Å²) in [6.07, 6.45) is 4.43. The molecule has 0 saturated heterocycles. The van der Waals surface area contributed by atoms with Crippen molar-refractivity contribution in [2.45, 2.75) is 61.9 Å². The van der Waals surface area contributed by atoms with E-state index in [1.165, 1.54) is 0 Å². The summed E-state index contributed by atoms with van der Waals surface area (Å²) in [5.74, 6) is -1.47. The predicted octanol–water partition coefficient (Wildman–Crippen LogP) is 3.96. The average molecular weight is 461 g/mol. The van der Waals surface area contributed by atoms with E-state index in [0.717, 1.165) is 41.5 Å². The molecular weight excluding hydrogens is 432 g/mol. The highest BCUT2D eigenvalue weighted by molar-refractivity contribution is 5.97. The van der Waals surface area contributed by atoms with Crippen LogP contribution in [-0.4, -0.2) is 40.8 Å². The quantitative estimate of drug-likeness (QED) is 0.605. The van der Waals surface area contributed by atoms with Crippen molar-refractivity contribution in [1.29, 1.82) is 0 Å². The van der Waals surface area contributed by atoms with Gasteiger partial charge in [-0.1, -0.05) is 55.0 Å². The number of carbonyl (C=O) groups is 3. The molecule has 34 heavy (non-hydrogen) atoms. The van der Waals surface area contributed by atoms with Crippen molar-refractivity contribution in [3.05, 3.63) is 59.7 Å². The Bertz CT molecular complexity index is 1140. The lowest BCUT2D eigenvalue weighted by Gasteiger charge is -2.59. The highest BCUT2D eigenvalue weighted by atomic mass is 16.5. The van der Waals surface area contributed by atoms with Crippen LogP contribution in [0.3, 0.4) is 0 Å². The fraction of sp³-hybridized carbons (Fsp3) is 0.444. The molecule has 3 saturated carbocycles. The van der Waals surface area contributed by atoms with Crippen LogP contribution >= 0.6 is 0 Å². The van der Waals surface area contributed by atoms with E-state index in [1.54, 1.807) is 0 Å². The fourth-order valence-electron chi connectivity index (χ4n) is 6.25. The van der Waals surface area contributed by atoms with E-state index >= 15 is 0 Å². The molecule has 7 nitrogen and oxygen atoms in total. The Kier molecular flexibility index (Phi) is 4.57. The normalized spacial score (nSPS) is 21.9. The van der Waals surface area contributed by atoms with Crippen LogP contribution < -0.4 is 10.6 Å². The minimum Gasteiger partial charge on any atom is -0.480 e. The standard InChI is InChI=1S/C27H28N2O5/c30-22(28-27(23(31)32)15-25(16-27)10-5-11-25)26(12-13-26)29-24(33)34-14-21-19-8-3-1-6-17(19)18-7-2-4-9-20(18)21/h1-4,6-9,21H,5,10-16H2,(H,28,30)(H,29,33)(H,31,32). The second kappa shape index (κ2) is 7.32. The first-order valence-corrected chi connectivity index (χ1v) is 12.0. The number of amides is 2. The van der Waals surface area contributed by atoms with Gasteiger partial charge in [-0.25, -0.2) is 9.59 Å². The molecule has 0 unspecified atom stereocenters. The first-order chi connectivity index (χ1) is 16.4. The Morgan fingerprint density at radius 2 is 1.44 bits per heavy atom. The first-order valence-electron chi connectivity index (χ1n) is 12.0. The van der Waals surface area contributed by atoms with Crippen molar-refractivity contribution < 1.29 is 24.2 Å². The number of rotatable bonds is 6. The van der Waals surface area contributed by atoms with E-state index in [2.05, 4.69) is 34.9 Å². The molecule has 0 bridgehead atoms. The lowest BCUT2D eigenvalue weighted by Crippen LogP contribution is -2.70. The van der Waals surface area contributed by atoms with Crippen LogP contribution in [0.4, 0.5) is 4.79 Å². The Morgan fingerprint density at radius 1 is 0.853 bits per heavy atom. The summed E-state index contributed by atoms with van der Waals surface area (Å²) in [5.41, 5.74) is 2.33. The van der Waals surface area contributed by atoms with Crippen LogP contribution in [0.25, 0.3) is 11.1 Å². The van der Waals surface area contributed by atoms with E-state index in [9.17, 15) is 19.5 Å². The Labute approximate surface area is 197 Å². The molecule has 0 aromatic heterocycles. The van der Waals surface area contributed by atoms with Gasteiger partial charge in [0.25, 0.3) is 0 Å². The SMILES string of the molecule is O=C(NC1(C(=O)NC2(C(=O)O)CC3(CCC3)C2)CC1)OCC1c2ccccc2-c2ccccc21. The molecule has 176 valence electrons. The summed E-state index contributed by atoms with van der Waals surface area (Å²) >= 11 is 0. The lowest BCUT2D eigenvalue weighted by molar-refractivity contribution is -0.166. The zero-order chi connectivity index (χ0) is 23.6. The van der Waals surface area contributed by atoms with E-state index < -0.39 is 29.0 Å². The number of hydrogen-bond acceptors (Lipinski definition) is 4. The zero-order valence-electron chi connectivity index (χ0n) is 18.9. The molecule has 4 aliphatic carbocycles. The molecule has 6 rings (SSSR count). The van der Waals surface area contributed by atoms with Gasteiger partial charge in [-0.05, 0) is 66.2 Å². The molecule has 2 amide bonds. The van der Waals surface area contributed by atoms with E-state index in [1.807, 2.05) is 24.3 Å². The van der Waals surface area contributed by atoms with Gasteiger partial charge >= 0.3 is 12.1 Å². The summed E-state index contributed by atoms with van der Waals surface area (Å²) in [4.78, 5) is 37.7. The van der Waals surface area contributed by atoms with Gasteiger partial charge < -0.3 is 20.5 Å². The van der Waals surface area contributed by atoms with E-state index in [0.29, 0.717) is 25.7 Å². The number of fused-ring (bicyclic) bond motifs is 3. The minimum atomic E-state index is -1.21. The first kappa shape index (κ1) is 21.2. The van der Waals surface area contributed by atoms with Gasteiger partial charge in [0.2, 0.25) is 5.91 Å². The molecule has 7 heteroatoms. The number of carboxylic acid groups (broad SMARTS) is 1. The molecule has 2 aromatic rings. The van der Waals surface area contributed by atoms with Crippen LogP contribution in [0, 0.1) is 5.41 Å². The second-order valence-electron chi connectivity index (χ2n) is 10.6. The highest BCUT2D eigenvalue weighted by Crippen LogP contribution is 2.60. The van der Waals surface area contributed by atoms with Crippen molar-refractivity contribution in [2.75, 3.05) is 6.61 Å². The highest BCUT2D eigenvalue weighted by Gasteiger charge is 2.64. The molecule has 0 aliphatic heterocycles. The fourth-order valence-corrected chi connectivity index (χ4v) is 6.25. The van der Waals surface area contributed by atoms with Gasteiger partial charge in [0.1, 0.15) is 17.7 Å².